The van der Waals surface area contributed by atoms with E-state index in [1.54, 1.807) is 0 Å². The van der Waals surface area contributed by atoms with E-state index in [1.807, 2.05) is 0 Å². The number of hydrogen-bond acceptors (Lipinski definition) is 4. The molecule has 108 valence electrons. The second-order valence-electron chi connectivity index (χ2n) is 6.68. The minimum absolute atomic E-state index is 0.256. The number of nitrogens with one attached hydrogen (secondary N) is 1. The Hall–Kier alpha value is -0.160. The fourth-order valence-corrected chi connectivity index (χ4v) is 2.34. The summed E-state index contributed by atoms with van der Waals surface area (Å²) in [6.45, 7) is 16.8. The van der Waals surface area contributed by atoms with Crippen LogP contribution < -0.4 is 5.32 Å². The molecule has 0 amide bonds. The number of rotatable bonds is 5. The van der Waals surface area contributed by atoms with Gasteiger partial charge in [0.1, 0.15) is 0 Å². The first-order chi connectivity index (χ1) is 8.29. The van der Waals surface area contributed by atoms with E-state index < -0.39 is 0 Å². The van der Waals surface area contributed by atoms with Crippen LogP contribution >= 0.6 is 0 Å². The second-order valence-corrected chi connectivity index (χ2v) is 6.68. The van der Waals surface area contributed by atoms with Crippen molar-refractivity contribution in [1.82, 2.24) is 15.1 Å². The lowest BCUT2D eigenvalue weighted by Gasteiger charge is -2.42. The molecule has 1 aliphatic heterocycles. The lowest BCUT2D eigenvalue weighted by molar-refractivity contribution is 0.0363. The number of β-amino-alcohol motifs (C(OH)–C–C–N with tert-alkyl or cyclic N) is 1. The fraction of sp³-hybridized carbons (Fsp3) is 1.00. The summed E-state index contributed by atoms with van der Waals surface area (Å²) in [7, 11) is 0. The molecule has 0 spiro atoms. The van der Waals surface area contributed by atoms with Gasteiger partial charge in [0.15, 0.2) is 0 Å². The van der Waals surface area contributed by atoms with Gasteiger partial charge in [0, 0.05) is 50.8 Å². The summed E-state index contributed by atoms with van der Waals surface area (Å²) >= 11 is 0. The normalized spacial score (nSPS) is 21.5. The molecule has 1 rings (SSSR count). The Morgan fingerprint density at radius 3 is 2.11 bits per heavy atom. The monoisotopic (exact) mass is 257 g/mol. The summed E-state index contributed by atoms with van der Waals surface area (Å²) in [5.74, 6) is 0. The molecule has 4 nitrogen and oxygen atoms in total. The maximum Gasteiger partial charge on any atom is 0.0791 e. The van der Waals surface area contributed by atoms with Gasteiger partial charge in [0.05, 0.1) is 6.10 Å². The van der Waals surface area contributed by atoms with Crippen molar-refractivity contribution in [3.8, 4) is 0 Å². The number of aliphatic hydroxyl groups is 1. The summed E-state index contributed by atoms with van der Waals surface area (Å²) in [4.78, 5) is 4.89. The molecule has 0 aromatic carbocycles. The average molecular weight is 257 g/mol. The molecule has 1 unspecified atom stereocenters. The first kappa shape index (κ1) is 15.9. The molecule has 0 aromatic heterocycles. The van der Waals surface area contributed by atoms with Gasteiger partial charge in [0.25, 0.3) is 0 Å². The van der Waals surface area contributed by atoms with Crippen LogP contribution in [0.15, 0.2) is 0 Å². The third-order valence-corrected chi connectivity index (χ3v) is 3.55. The highest BCUT2D eigenvalue weighted by atomic mass is 16.3. The van der Waals surface area contributed by atoms with Crippen LogP contribution in [0.5, 0.6) is 0 Å². The number of nitrogens with zero attached hydrogens (tertiary/aromatic N) is 2. The van der Waals surface area contributed by atoms with E-state index in [0.717, 1.165) is 32.7 Å². The summed E-state index contributed by atoms with van der Waals surface area (Å²) < 4.78 is 0. The van der Waals surface area contributed by atoms with Gasteiger partial charge in [-0.25, -0.2) is 0 Å². The maximum absolute atomic E-state index is 9.96. The van der Waals surface area contributed by atoms with Gasteiger partial charge >= 0.3 is 0 Å². The minimum Gasteiger partial charge on any atom is -0.390 e. The molecule has 0 aromatic rings. The van der Waals surface area contributed by atoms with E-state index in [9.17, 15) is 5.11 Å². The topological polar surface area (TPSA) is 38.7 Å². The van der Waals surface area contributed by atoms with Crippen molar-refractivity contribution < 1.29 is 5.11 Å². The predicted octanol–water partition coefficient (Wildman–Crippen LogP) is 0.761. The second kappa shape index (κ2) is 6.85. The quantitative estimate of drug-likeness (QED) is 0.763. The highest BCUT2D eigenvalue weighted by Gasteiger charge is 2.26. The Kier molecular flexibility index (Phi) is 6.05. The average Bonchev–Trinajstić information content (AvgIpc) is 2.26. The molecule has 0 bridgehead atoms. The van der Waals surface area contributed by atoms with E-state index in [1.165, 1.54) is 0 Å². The lowest BCUT2D eigenvalue weighted by Crippen LogP contribution is -2.55. The van der Waals surface area contributed by atoms with Gasteiger partial charge in [-0.15, -0.1) is 0 Å². The molecule has 2 N–H and O–H groups in total. The number of piperazine rings is 1. The molecule has 1 fully saturated rings. The lowest BCUT2D eigenvalue weighted by atomic mass is 10.0. The Bertz CT molecular complexity index is 230. The van der Waals surface area contributed by atoms with Gasteiger partial charge < -0.3 is 10.4 Å². The zero-order valence-corrected chi connectivity index (χ0v) is 12.7. The van der Waals surface area contributed by atoms with E-state index in [4.69, 9.17) is 0 Å². The third-order valence-electron chi connectivity index (χ3n) is 3.55. The Labute approximate surface area is 112 Å². The standard InChI is InChI=1S/C14H31N3O/c1-12(2)15-10-13(18)11-16-6-8-17(9-7-16)14(3,4)5/h12-13,15,18H,6-11H2,1-5H3. The van der Waals surface area contributed by atoms with Crippen molar-refractivity contribution in [1.29, 1.82) is 0 Å². The molecule has 1 aliphatic rings. The molecule has 1 heterocycles. The van der Waals surface area contributed by atoms with Crippen molar-refractivity contribution >= 4 is 0 Å². The van der Waals surface area contributed by atoms with Crippen molar-refractivity contribution in [2.24, 2.45) is 0 Å². The van der Waals surface area contributed by atoms with Crippen molar-refractivity contribution in [2.45, 2.75) is 52.3 Å². The highest BCUT2D eigenvalue weighted by molar-refractivity contribution is 4.82. The molecule has 0 aliphatic carbocycles. The molecule has 18 heavy (non-hydrogen) atoms. The number of aliphatic hydroxyl groups excluding tert-OH is 1. The Morgan fingerprint density at radius 1 is 1.11 bits per heavy atom. The first-order valence-corrected chi connectivity index (χ1v) is 7.18. The van der Waals surface area contributed by atoms with Crippen LogP contribution in [0.3, 0.4) is 0 Å². The zero-order valence-electron chi connectivity index (χ0n) is 12.7. The van der Waals surface area contributed by atoms with Gasteiger partial charge in [-0.05, 0) is 20.8 Å². The molecular formula is C14H31N3O. The van der Waals surface area contributed by atoms with Crippen LogP contribution in [-0.4, -0.2) is 71.9 Å². The van der Waals surface area contributed by atoms with Crippen LogP contribution in [-0.2, 0) is 0 Å². The first-order valence-electron chi connectivity index (χ1n) is 7.18. The highest BCUT2D eigenvalue weighted by Crippen LogP contribution is 2.15. The van der Waals surface area contributed by atoms with Crippen LogP contribution in [0.4, 0.5) is 0 Å². The van der Waals surface area contributed by atoms with E-state index in [2.05, 4.69) is 49.7 Å². The summed E-state index contributed by atoms with van der Waals surface area (Å²) in [5.41, 5.74) is 0.268. The van der Waals surface area contributed by atoms with Gasteiger partial charge in [0.2, 0.25) is 0 Å². The van der Waals surface area contributed by atoms with Crippen molar-refractivity contribution in [3.05, 3.63) is 0 Å². The fourth-order valence-electron chi connectivity index (χ4n) is 2.34. The zero-order chi connectivity index (χ0) is 13.8. The van der Waals surface area contributed by atoms with Gasteiger partial charge in [-0.2, -0.15) is 0 Å². The molecule has 0 saturated carbocycles. The maximum atomic E-state index is 9.96. The summed E-state index contributed by atoms with van der Waals surface area (Å²) in [6, 6.07) is 0.442. The van der Waals surface area contributed by atoms with Crippen LogP contribution in [0, 0.1) is 0 Å². The molecule has 1 saturated heterocycles. The SMILES string of the molecule is CC(C)NCC(O)CN1CCN(C(C)(C)C)CC1. The summed E-state index contributed by atoms with van der Waals surface area (Å²) in [6.07, 6.45) is -0.256. The Balaban J connectivity index is 2.23. The summed E-state index contributed by atoms with van der Waals surface area (Å²) in [5, 5.41) is 13.2. The molecular weight excluding hydrogens is 226 g/mol. The van der Waals surface area contributed by atoms with Gasteiger partial charge in [-0.1, -0.05) is 13.8 Å². The van der Waals surface area contributed by atoms with E-state index in [0.29, 0.717) is 12.6 Å². The number of hydrogen-bond donors (Lipinski definition) is 2. The Morgan fingerprint density at radius 2 is 1.67 bits per heavy atom. The minimum atomic E-state index is -0.256. The smallest absolute Gasteiger partial charge is 0.0791 e. The predicted molar refractivity (Wildman–Crippen MR) is 76.9 cm³/mol. The molecule has 0 radical (unpaired) electrons. The third kappa shape index (κ3) is 5.65. The largest absolute Gasteiger partial charge is 0.390 e. The van der Waals surface area contributed by atoms with Crippen LogP contribution in [0.2, 0.25) is 0 Å². The van der Waals surface area contributed by atoms with Crippen LogP contribution in [0.1, 0.15) is 34.6 Å². The van der Waals surface area contributed by atoms with Crippen molar-refractivity contribution in [2.75, 3.05) is 39.3 Å². The van der Waals surface area contributed by atoms with E-state index in [-0.39, 0.29) is 11.6 Å². The molecule has 1 atom stereocenters. The van der Waals surface area contributed by atoms with Crippen LogP contribution in [0.25, 0.3) is 0 Å². The van der Waals surface area contributed by atoms with Crippen molar-refractivity contribution in [3.63, 3.8) is 0 Å². The van der Waals surface area contributed by atoms with E-state index >= 15 is 0 Å². The molecule has 4 heteroatoms. The van der Waals surface area contributed by atoms with Gasteiger partial charge in [-0.3, -0.25) is 9.80 Å².